The molecule has 1 heterocycles. The van der Waals surface area contributed by atoms with Crippen molar-refractivity contribution in [3.05, 3.63) is 35.9 Å². The zero-order chi connectivity index (χ0) is 19.1. The Kier molecular flexibility index (Phi) is 9.55. The number of hydrogen-bond donors (Lipinski definition) is 1. The third kappa shape index (κ3) is 6.36. The van der Waals surface area contributed by atoms with E-state index < -0.39 is 0 Å². The number of aliphatic imine (C=N–C) groups is 1. The fraction of sp³-hybridized carbons (Fsp3) is 0.636. The van der Waals surface area contributed by atoms with E-state index in [2.05, 4.69) is 29.3 Å². The van der Waals surface area contributed by atoms with Gasteiger partial charge in [0.25, 0.3) is 0 Å². The van der Waals surface area contributed by atoms with Crippen LogP contribution >= 0.6 is 24.0 Å². The molecule has 2 atom stereocenters. The largest absolute Gasteiger partial charge is 0.357 e. The van der Waals surface area contributed by atoms with Crippen LogP contribution in [0.3, 0.4) is 0 Å². The number of halogens is 1. The Bertz CT molecular complexity index is 623. The van der Waals surface area contributed by atoms with Gasteiger partial charge in [-0.15, -0.1) is 24.0 Å². The number of benzene rings is 1. The Hall–Kier alpha value is -1.31. The van der Waals surface area contributed by atoms with Crippen molar-refractivity contribution in [1.29, 1.82) is 0 Å². The number of likely N-dealkylation sites (tertiary alicyclic amines) is 1. The molecule has 1 aromatic carbocycles. The first-order valence-electron chi connectivity index (χ1n) is 10.5. The highest BCUT2D eigenvalue weighted by molar-refractivity contribution is 14.0. The summed E-state index contributed by atoms with van der Waals surface area (Å²) in [6.45, 7) is 6.42. The van der Waals surface area contributed by atoms with Crippen LogP contribution in [0.15, 0.2) is 35.3 Å². The molecular weight excluding hydrogens is 463 g/mol. The quantitative estimate of drug-likeness (QED) is 0.370. The molecule has 1 aromatic rings. The lowest BCUT2D eigenvalue weighted by molar-refractivity contribution is -0.130. The molecule has 156 valence electrons. The second-order valence-electron chi connectivity index (χ2n) is 7.93. The summed E-state index contributed by atoms with van der Waals surface area (Å²) in [4.78, 5) is 21.4. The molecule has 6 heteroatoms. The highest BCUT2D eigenvalue weighted by atomic mass is 127. The second-order valence-corrected chi connectivity index (χ2v) is 7.93. The third-order valence-electron chi connectivity index (χ3n) is 5.89. The highest BCUT2D eigenvalue weighted by Gasteiger charge is 2.35. The number of guanidine groups is 1. The molecule has 1 N–H and O–H groups in total. The van der Waals surface area contributed by atoms with Crippen LogP contribution in [0.2, 0.25) is 0 Å². The van der Waals surface area contributed by atoms with Crippen LogP contribution < -0.4 is 5.32 Å². The number of carbonyl (C=O) groups is 1. The van der Waals surface area contributed by atoms with Crippen molar-refractivity contribution < 1.29 is 4.79 Å². The van der Waals surface area contributed by atoms with Crippen LogP contribution in [0.1, 0.15) is 44.6 Å². The topological polar surface area (TPSA) is 47.9 Å². The maximum atomic E-state index is 12.4. The summed E-state index contributed by atoms with van der Waals surface area (Å²) in [5.41, 5.74) is 1.16. The molecule has 3 rings (SSSR count). The van der Waals surface area contributed by atoms with Crippen molar-refractivity contribution in [2.24, 2.45) is 16.8 Å². The summed E-state index contributed by atoms with van der Waals surface area (Å²) in [6, 6.07) is 10.1. The van der Waals surface area contributed by atoms with Gasteiger partial charge in [-0.3, -0.25) is 9.79 Å². The van der Waals surface area contributed by atoms with Gasteiger partial charge >= 0.3 is 0 Å². The first-order valence-corrected chi connectivity index (χ1v) is 10.5. The Morgan fingerprint density at radius 2 is 1.82 bits per heavy atom. The predicted molar refractivity (Wildman–Crippen MR) is 126 cm³/mol. The molecule has 0 spiro atoms. The maximum Gasteiger partial charge on any atom is 0.224 e. The van der Waals surface area contributed by atoms with Gasteiger partial charge in [0.1, 0.15) is 0 Å². The predicted octanol–water partition coefficient (Wildman–Crippen LogP) is 3.74. The summed E-state index contributed by atoms with van der Waals surface area (Å²) < 4.78 is 0. The number of fused-ring (bicyclic) bond motifs is 1. The van der Waals surface area contributed by atoms with E-state index in [1.165, 1.54) is 25.7 Å². The average Bonchev–Trinajstić information content (AvgIpc) is 3.12. The Morgan fingerprint density at radius 3 is 2.43 bits per heavy atom. The number of carbonyl (C=O) groups excluding carboxylic acids is 1. The molecule has 0 aromatic heterocycles. The summed E-state index contributed by atoms with van der Waals surface area (Å²) in [5.74, 6) is 2.81. The number of nitrogens with one attached hydrogen (secondary N) is 1. The summed E-state index contributed by atoms with van der Waals surface area (Å²) in [7, 11) is 1.87. The van der Waals surface area contributed by atoms with Crippen molar-refractivity contribution in [3.8, 4) is 0 Å². The van der Waals surface area contributed by atoms with Crippen molar-refractivity contribution in [2.75, 3.05) is 33.2 Å². The molecule has 1 saturated heterocycles. The molecule has 2 fully saturated rings. The molecule has 2 aliphatic rings. The lowest BCUT2D eigenvalue weighted by Gasteiger charge is -2.22. The summed E-state index contributed by atoms with van der Waals surface area (Å²) >= 11 is 0. The van der Waals surface area contributed by atoms with Crippen LogP contribution in [-0.2, 0) is 11.3 Å². The van der Waals surface area contributed by atoms with Gasteiger partial charge in [-0.1, -0.05) is 43.2 Å². The van der Waals surface area contributed by atoms with Crippen LogP contribution in [0.25, 0.3) is 0 Å². The SMILES string of the molecule is CCNC(=NCCC(=O)N(C)Cc1ccccc1)N1CC2CCCCC2C1.I. The Labute approximate surface area is 187 Å². The molecule has 1 aliphatic heterocycles. The minimum Gasteiger partial charge on any atom is -0.357 e. The molecule has 2 unspecified atom stereocenters. The minimum atomic E-state index is 0. The van der Waals surface area contributed by atoms with Gasteiger partial charge < -0.3 is 15.1 Å². The number of hydrogen-bond acceptors (Lipinski definition) is 2. The standard InChI is InChI=1S/C22H34N4O.HI/c1-3-23-22(26-16-19-11-7-8-12-20(19)17-26)24-14-13-21(27)25(2)15-18-9-5-4-6-10-18;/h4-6,9-10,19-20H,3,7-8,11-17H2,1-2H3,(H,23,24);1H. The van der Waals surface area contributed by atoms with E-state index >= 15 is 0 Å². The van der Waals surface area contributed by atoms with E-state index in [-0.39, 0.29) is 29.9 Å². The van der Waals surface area contributed by atoms with Gasteiger partial charge in [-0.2, -0.15) is 0 Å². The van der Waals surface area contributed by atoms with Crippen LogP contribution in [-0.4, -0.2) is 54.9 Å². The number of nitrogens with zero attached hydrogens (tertiary/aromatic N) is 3. The normalized spacial score (nSPS) is 21.6. The number of rotatable bonds is 6. The molecular formula is C22H35IN4O. The van der Waals surface area contributed by atoms with E-state index in [9.17, 15) is 4.79 Å². The molecule has 0 bridgehead atoms. The van der Waals surface area contributed by atoms with E-state index in [0.717, 1.165) is 43.0 Å². The number of amides is 1. The van der Waals surface area contributed by atoms with Gasteiger partial charge in [0, 0.05) is 39.6 Å². The van der Waals surface area contributed by atoms with Crippen LogP contribution in [0, 0.1) is 11.8 Å². The van der Waals surface area contributed by atoms with Gasteiger partial charge in [-0.25, -0.2) is 0 Å². The summed E-state index contributed by atoms with van der Waals surface area (Å²) in [6.07, 6.45) is 5.95. The lowest BCUT2D eigenvalue weighted by atomic mass is 9.82. The van der Waals surface area contributed by atoms with E-state index in [4.69, 9.17) is 4.99 Å². The lowest BCUT2D eigenvalue weighted by Crippen LogP contribution is -2.40. The average molecular weight is 498 g/mol. The molecule has 1 amide bonds. The van der Waals surface area contributed by atoms with Gasteiger partial charge in [0.15, 0.2) is 5.96 Å². The first-order chi connectivity index (χ1) is 13.2. The monoisotopic (exact) mass is 498 g/mol. The van der Waals surface area contributed by atoms with Gasteiger partial charge in [0.05, 0.1) is 6.54 Å². The smallest absolute Gasteiger partial charge is 0.224 e. The van der Waals surface area contributed by atoms with Crippen molar-refractivity contribution in [1.82, 2.24) is 15.1 Å². The van der Waals surface area contributed by atoms with Crippen molar-refractivity contribution in [3.63, 3.8) is 0 Å². The Balaban J connectivity index is 0.00000280. The highest BCUT2D eigenvalue weighted by Crippen LogP contribution is 2.35. The van der Waals surface area contributed by atoms with Crippen molar-refractivity contribution in [2.45, 2.75) is 45.6 Å². The molecule has 5 nitrogen and oxygen atoms in total. The molecule has 1 aliphatic carbocycles. The van der Waals surface area contributed by atoms with E-state index in [0.29, 0.717) is 19.5 Å². The van der Waals surface area contributed by atoms with E-state index in [1.54, 1.807) is 4.90 Å². The second kappa shape index (κ2) is 11.6. The van der Waals surface area contributed by atoms with Crippen LogP contribution in [0.4, 0.5) is 0 Å². The molecule has 0 radical (unpaired) electrons. The summed E-state index contributed by atoms with van der Waals surface area (Å²) in [5, 5.41) is 3.43. The maximum absolute atomic E-state index is 12.4. The van der Waals surface area contributed by atoms with Crippen molar-refractivity contribution >= 4 is 35.8 Å². The van der Waals surface area contributed by atoms with Gasteiger partial charge in [-0.05, 0) is 37.2 Å². The van der Waals surface area contributed by atoms with Crippen LogP contribution in [0.5, 0.6) is 0 Å². The zero-order valence-corrected chi connectivity index (χ0v) is 19.6. The zero-order valence-electron chi connectivity index (χ0n) is 17.3. The molecule has 1 saturated carbocycles. The third-order valence-corrected chi connectivity index (χ3v) is 5.89. The Morgan fingerprint density at radius 1 is 1.18 bits per heavy atom. The minimum absolute atomic E-state index is 0. The van der Waals surface area contributed by atoms with E-state index in [1.807, 2.05) is 25.2 Å². The van der Waals surface area contributed by atoms with Gasteiger partial charge in [0.2, 0.25) is 5.91 Å². The first kappa shape index (κ1) is 23.0. The fourth-order valence-electron chi connectivity index (χ4n) is 4.40. The molecule has 28 heavy (non-hydrogen) atoms. The fourth-order valence-corrected chi connectivity index (χ4v) is 4.40.